The highest BCUT2D eigenvalue weighted by molar-refractivity contribution is 7.13. The summed E-state index contributed by atoms with van der Waals surface area (Å²) in [4.78, 5) is 16.8. The molecule has 124 valence electrons. The smallest absolute Gasteiger partial charge is 0.249 e. The van der Waals surface area contributed by atoms with Crippen LogP contribution in [0.4, 0.5) is 5.13 Å². The van der Waals surface area contributed by atoms with E-state index >= 15 is 0 Å². The fourth-order valence-corrected chi connectivity index (χ4v) is 2.96. The summed E-state index contributed by atoms with van der Waals surface area (Å²) in [5, 5.41) is 16.5. The molecule has 0 aliphatic heterocycles. The Morgan fingerprint density at radius 3 is 2.83 bits per heavy atom. The lowest BCUT2D eigenvalue weighted by Gasteiger charge is -2.16. The van der Waals surface area contributed by atoms with Crippen molar-refractivity contribution < 1.29 is 4.79 Å². The Morgan fingerprint density at radius 1 is 1.33 bits per heavy atom. The van der Waals surface area contributed by atoms with Crippen LogP contribution in [0.2, 0.25) is 0 Å². The summed E-state index contributed by atoms with van der Waals surface area (Å²) in [6, 6.07) is 8.83. The Morgan fingerprint density at radius 2 is 2.17 bits per heavy atom. The number of carbonyl (C=O) groups is 1. The molecule has 2 heterocycles. The Hall–Kier alpha value is -2.81. The van der Waals surface area contributed by atoms with Crippen LogP contribution in [0.25, 0.3) is 0 Å². The average Bonchev–Trinajstić information content (AvgIpc) is 3.25. The number of rotatable bonds is 7. The number of nitrogen functional groups attached to an aromatic ring is 1. The van der Waals surface area contributed by atoms with E-state index in [4.69, 9.17) is 5.73 Å². The number of thiazole rings is 1. The standard InChI is InChI=1S/C15H17N7OS/c16-15-19-12(9-24-15)7-4-8-17-14(23)13(22-10-18-20-21-22)11-5-2-1-3-6-11/h1-3,5-6,9-10,13H,4,7-8H2,(H2,16,19)(H,17,23). The van der Waals surface area contributed by atoms with Crippen LogP contribution in [0.5, 0.6) is 0 Å². The summed E-state index contributed by atoms with van der Waals surface area (Å²) in [7, 11) is 0. The van der Waals surface area contributed by atoms with Crippen LogP contribution in [0.1, 0.15) is 23.7 Å². The first kappa shape index (κ1) is 16.1. The van der Waals surface area contributed by atoms with Gasteiger partial charge < -0.3 is 11.1 Å². The van der Waals surface area contributed by atoms with E-state index < -0.39 is 6.04 Å². The molecule has 3 aromatic rings. The van der Waals surface area contributed by atoms with E-state index in [-0.39, 0.29) is 5.91 Å². The Kier molecular flexibility index (Phi) is 5.12. The van der Waals surface area contributed by atoms with Crippen LogP contribution in [0.15, 0.2) is 42.0 Å². The van der Waals surface area contributed by atoms with Gasteiger partial charge in [-0.2, -0.15) is 0 Å². The summed E-state index contributed by atoms with van der Waals surface area (Å²) in [6.07, 6.45) is 3.00. The second-order valence-electron chi connectivity index (χ2n) is 5.17. The summed E-state index contributed by atoms with van der Waals surface area (Å²) in [5.74, 6) is -0.147. The van der Waals surface area contributed by atoms with E-state index in [0.717, 1.165) is 24.1 Å². The van der Waals surface area contributed by atoms with Gasteiger partial charge in [-0.1, -0.05) is 30.3 Å². The molecule has 0 saturated heterocycles. The molecular formula is C15H17N7OS. The van der Waals surface area contributed by atoms with Crippen molar-refractivity contribution in [1.29, 1.82) is 0 Å². The average molecular weight is 343 g/mol. The third-order valence-electron chi connectivity index (χ3n) is 3.47. The Bertz CT molecular complexity index is 772. The van der Waals surface area contributed by atoms with Crippen molar-refractivity contribution in [2.45, 2.75) is 18.9 Å². The van der Waals surface area contributed by atoms with Gasteiger partial charge in [0.25, 0.3) is 0 Å². The molecule has 0 aliphatic carbocycles. The third-order valence-corrected chi connectivity index (χ3v) is 4.19. The minimum Gasteiger partial charge on any atom is -0.375 e. The van der Waals surface area contributed by atoms with Crippen molar-refractivity contribution in [3.8, 4) is 0 Å². The normalized spacial score (nSPS) is 12.0. The zero-order chi connectivity index (χ0) is 16.8. The summed E-state index contributed by atoms with van der Waals surface area (Å²) < 4.78 is 1.45. The van der Waals surface area contributed by atoms with E-state index in [1.807, 2.05) is 35.7 Å². The predicted molar refractivity (Wildman–Crippen MR) is 90.3 cm³/mol. The molecule has 8 nitrogen and oxygen atoms in total. The fourth-order valence-electron chi connectivity index (χ4n) is 2.36. The second-order valence-corrected chi connectivity index (χ2v) is 6.06. The highest BCUT2D eigenvalue weighted by atomic mass is 32.1. The summed E-state index contributed by atoms with van der Waals surface area (Å²) in [5.41, 5.74) is 7.38. The number of anilines is 1. The van der Waals surface area contributed by atoms with Crippen molar-refractivity contribution in [2.75, 3.05) is 12.3 Å². The van der Waals surface area contributed by atoms with Gasteiger partial charge in [0.15, 0.2) is 11.2 Å². The molecule has 0 aliphatic rings. The molecule has 1 unspecified atom stereocenters. The Balaban J connectivity index is 1.60. The number of amides is 1. The van der Waals surface area contributed by atoms with Crippen LogP contribution in [-0.4, -0.2) is 37.6 Å². The maximum Gasteiger partial charge on any atom is 0.249 e. The number of hydrogen-bond acceptors (Lipinski definition) is 7. The SMILES string of the molecule is Nc1nc(CCCNC(=O)C(c2ccccc2)n2cnnn2)cs1. The minimum atomic E-state index is -0.587. The number of hydrogen-bond donors (Lipinski definition) is 2. The number of benzene rings is 1. The topological polar surface area (TPSA) is 112 Å². The maximum absolute atomic E-state index is 12.6. The molecular weight excluding hydrogens is 326 g/mol. The van der Waals surface area contributed by atoms with Gasteiger partial charge in [-0.15, -0.1) is 16.4 Å². The highest BCUT2D eigenvalue weighted by Crippen LogP contribution is 2.17. The maximum atomic E-state index is 12.6. The van der Waals surface area contributed by atoms with Crippen LogP contribution in [0, 0.1) is 0 Å². The zero-order valence-corrected chi connectivity index (χ0v) is 13.7. The number of tetrazole rings is 1. The largest absolute Gasteiger partial charge is 0.375 e. The monoisotopic (exact) mass is 343 g/mol. The predicted octanol–water partition coefficient (Wildman–Crippen LogP) is 1.05. The second kappa shape index (κ2) is 7.64. The lowest BCUT2D eigenvalue weighted by Crippen LogP contribution is -2.34. The van der Waals surface area contributed by atoms with E-state index in [9.17, 15) is 4.79 Å². The first-order chi connectivity index (χ1) is 11.7. The van der Waals surface area contributed by atoms with Crippen molar-refractivity contribution >= 4 is 22.4 Å². The summed E-state index contributed by atoms with van der Waals surface area (Å²) in [6.45, 7) is 0.543. The molecule has 2 aromatic heterocycles. The molecule has 0 radical (unpaired) electrons. The molecule has 1 amide bonds. The number of nitrogens with two attached hydrogens (primary N) is 1. The van der Waals surface area contributed by atoms with Gasteiger partial charge in [0.1, 0.15) is 6.33 Å². The van der Waals surface area contributed by atoms with E-state index in [1.54, 1.807) is 0 Å². The van der Waals surface area contributed by atoms with Crippen molar-refractivity contribution in [1.82, 2.24) is 30.5 Å². The third kappa shape index (κ3) is 3.93. The fraction of sp³-hybridized carbons (Fsp3) is 0.267. The molecule has 1 atom stereocenters. The van der Waals surface area contributed by atoms with Gasteiger partial charge in [-0.25, -0.2) is 9.67 Å². The van der Waals surface area contributed by atoms with E-state index in [0.29, 0.717) is 11.7 Å². The molecule has 3 rings (SSSR count). The van der Waals surface area contributed by atoms with Crippen LogP contribution < -0.4 is 11.1 Å². The first-order valence-corrected chi connectivity index (χ1v) is 8.37. The number of nitrogens with one attached hydrogen (secondary N) is 1. The molecule has 0 fully saturated rings. The molecule has 0 spiro atoms. The van der Waals surface area contributed by atoms with Crippen LogP contribution >= 0.6 is 11.3 Å². The van der Waals surface area contributed by atoms with Gasteiger partial charge in [-0.05, 0) is 28.8 Å². The first-order valence-electron chi connectivity index (χ1n) is 7.49. The van der Waals surface area contributed by atoms with Gasteiger partial charge in [-0.3, -0.25) is 4.79 Å². The lowest BCUT2D eigenvalue weighted by molar-refractivity contribution is -0.123. The number of aryl methyl sites for hydroxylation is 1. The molecule has 1 aromatic carbocycles. The lowest BCUT2D eigenvalue weighted by atomic mass is 10.1. The van der Waals surface area contributed by atoms with Crippen LogP contribution in [-0.2, 0) is 11.2 Å². The number of nitrogens with zero attached hydrogens (tertiary/aromatic N) is 5. The quantitative estimate of drug-likeness (QED) is 0.620. The number of aromatic nitrogens is 5. The molecule has 24 heavy (non-hydrogen) atoms. The number of carbonyl (C=O) groups excluding carboxylic acids is 1. The van der Waals surface area contributed by atoms with Gasteiger partial charge >= 0.3 is 0 Å². The Labute approximate surface area is 142 Å². The van der Waals surface area contributed by atoms with Gasteiger partial charge in [0, 0.05) is 11.9 Å². The highest BCUT2D eigenvalue weighted by Gasteiger charge is 2.23. The van der Waals surface area contributed by atoms with Gasteiger partial charge in [0.2, 0.25) is 5.91 Å². The molecule has 0 saturated carbocycles. The molecule has 9 heteroatoms. The van der Waals surface area contributed by atoms with Crippen molar-refractivity contribution in [3.05, 3.63) is 53.3 Å². The van der Waals surface area contributed by atoms with Crippen molar-refractivity contribution in [3.63, 3.8) is 0 Å². The molecule has 3 N–H and O–H groups in total. The minimum absolute atomic E-state index is 0.147. The van der Waals surface area contributed by atoms with Crippen LogP contribution in [0.3, 0.4) is 0 Å². The molecule has 0 bridgehead atoms. The van der Waals surface area contributed by atoms with E-state index in [1.165, 1.54) is 22.3 Å². The van der Waals surface area contributed by atoms with Gasteiger partial charge in [0.05, 0.1) is 5.69 Å². The van der Waals surface area contributed by atoms with Crippen molar-refractivity contribution in [2.24, 2.45) is 0 Å². The zero-order valence-electron chi connectivity index (χ0n) is 12.9. The summed E-state index contributed by atoms with van der Waals surface area (Å²) >= 11 is 1.42. The van der Waals surface area contributed by atoms with E-state index in [2.05, 4.69) is 25.8 Å².